The predicted molar refractivity (Wildman–Crippen MR) is 96.9 cm³/mol. The standard InChI is InChI=1S/C15H16N4O5S2/c1-25(21,22)5-4-8-2-3-11-9(6-8)10-7-12(26(17,23)24)19-14(15(16)20)13(10)18-11/h2-3,6-7,18H,4-5H2,1H3,(H2,16,20)(H2,17,23,24). The number of carbonyl (C=O) groups excluding carboxylic acids is 1. The molecule has 0 saturated carbocycles. The fourth-order valence-corrected chi connectivity index (χ4v) is 3.81. The van der Waals surface area contributed by atoms with Crippen LogP contribution in [0.5, 0.6) is 0 Å². The molecule has 5 N–H and O–H groups in total. The number of amides is 1. The molecule has 9 nitrogen and oxygen atoms in total. The van der Waals surface area contributed by atoms with Crippen molar-refractivity contribution in [3.8, 4) is 0 Å². The van der Waals surface area contributed by atoms with Crippen molar-refractivity contribution in [3.63, 3.8) is 0 Å². The van der Waals surface area contributed by atoms with Crippen molar-refractivity contribution in [1.29, 1.82) is 0 Å². The summed E-state index contributed by atoms with van der Waals surface area (Å²) in [6.07, 6.45) is 1.46. The molecule has 3 rings (SSSR count). The van der Waals surface area contributed by atoms with Crippen LogP contribution < -0.4 is 10.9 Å². The second-order valence-corrected chi connectivity index (χ2v) is 9.79. The first-order chi connectivity index (χ1) is 12.0. The number of H-pyrrole nitrogens is 1. The highest BCUT2D eigenvalue weighted by atomic mass is 32.2. The van der Waals surface area contributed by atoms with Gasteiger partial charge in [-0.3, -0.25) is 4.79 Å². The number of sulfone groups is 1. The van der Waals surface area contributed by atoms with Crippen molar-refractivity contribution >= 4 is 47.6 Å². The van der Waals surface area contributed by atoms with Crippen LogP contribution in [-0.4, -0.2) is 44.7 Å². The number of nitrogens with two attached hydrogens (primary N) is 2. The first kappa shape index (κ1) is 18.3. The van der Waals surface area contributed by atoms with Gasteiger partial charge in [0.25, 0.3) is 15.9 Å². The van der Waals surface area contributed by atoms with Gasteiger partial charge in [-0.2, -0.15) is 0 Å². The highest BCUT2D eigenvalue weighted by molar-refractivity contribution is 7.90. The lowest BCUT2D eigenvalue weighted by Crippen LogP contribution is -2.19. The Morgan fingerprint density at radius 2 is 1.85 bits per heavy atom. The van der Waals surface area contributed by atoms with Gasteiger partial charge in [0.1, 0.15) is 9.84 Å². The molecule has 1 amide bonds. The number of benzene rings is 1. The summed E-state index contributed by atoms with van der Waals surface area (Å²) in [6, 6.07) is 6.46. The molecule has 2 heterocycles. The van der Waals surface area contributed by atoms with Gasteiger partial charge in [-0.1, -0.05) is 6.07 Å². The van der Waals surface area contributed by atoms with Gasteiger partial charge in [0.05, 0.1) is 11.3 Å². The molecular weight excluding hydrogens is 380 g/mol. The van der Waals surface area contributed by atoms with E-state index in [0.717, 1.165) is 11.8 Å². The summed E-state index contributed by atoms with van der Waals surface area (Å²) < 4.78 is 46.1. The summed E-state index contributed by atoms with van der Waals surface area (Å²) in [4.78, 5) is 18.4. The highest BCUT2D eigenvalue weighted by Crippen LogP contribution is 2.29. The Balaban J connectivity index is 2.28. The maximum atomic E-state index is 11.7. The minimum Gasteiger partial charge on any atom is -0.364 e. The van der Waals surface area contributed by atoms with E-state index < -0.39 is 30.8 Å². The maximum Gasteiger partial charge on any atom is 0.269 e. The van der Waals surface area contributed by atoms with Gasteiger partial charge in [0, 0.05) is 22.5 Å². The van der Waals surface area contributed by atoms with E-state index in [4.69, 9.17) is 10.9 Å². The average molecular weight is 396 g/mol. The molecule has 26 heavy (non-hydrogen) atoms. The molecule has 0 atom stereocenters. The van der Waals surface area contributed by atoms with E-state index in [-0.39, 0.29) is 11.4 Å². The van der Waals surface area contributed by atoms with Crippen LogP contribution in [0, 0.1) is 0 Å². The van der Waals surface area contributed by atoms with Gasteiger partial charge in [-0.15, -0.1) is 0 Å². The number of aromatic amines is 1. The number of rotatable bonds is 5. The number of aryl methyl sites for hydroxylation is 1. The molecule has 0 aliphatic carbocycles. The van der Waals surface area contributed by atoms with Crippen LogP contribution in [0.25, 0.3) is 21.8 Å². The van der Waals surface area contributed by atoms with Crippen LogP contribution in [0.15, 0.2) is 29.3 Å². The van der Waals surface area contributed by atoms with Crippen molar-refractivity contribution in [1.82, 2.24) is 9.97 Å². The van der Waals surface area contributed by atoms with Crippen molar-refractivity contribution in [2.24, 2.45) is 10.9 Å². The van der Waals surface area contributed by atoms with Gasteiger partial charge >= 0.3 is 0 Å². The zero-order chi connectivity index (χ0) is 19.3. The monoisotopic (exact) mass is 396 g/mol. The third-order valence-corrected chi connectivity index (χ3v) is 5.65. The first-order valence-corrected chi connectivity index (χ1v) is 11.0. The second kappa shape index (κ2) is 6.04. The second-order valence-electron chi connectivity index (χ2n) is 6.03. The Kier molecular flexibility index (Phi) is 4.25. The number of nitrogens with zero attached hydrogens (tertiary/aromatic N) is 1. The summed E-state index contributed by atoms with van der Waals surface area (Å²) in [5, 5.41) is 5.69. The number of primary sulfonamides is 1. The zero-order valence-corrected chi connectivity index (χ0v) is 15.3. The molecule has 0 aliphatic heterocycles. The number of carbonyl (C=O) groups is 1. The molecule has 11 heteroatoms. The summed E-state index contributed by atoms with van der Waals surface area (Å²) in [6.45, 7) is 0. The van der Waals surface area contributed by atoms with Gasteiger partial charge in [-0.25, -0.2) is 27.0 Å². The zero-order valence-electron chi connectivity index (χ0n) is 13.7. The Morgan fingerprint density at radius 1 is 1.15 bits per heavy atom. The third-order valence-electron chi connectivity index (χ3n) is 3.92. The minimum atomic E-state index is -4.15. The largest absolute Gasteiger partial charge is 0.364 e. The summed E-state index contributed by atoms with van der Waals surface area (Å²) in [5.74, 6) is -0.915. The molecule has 0 aliphatic rings. The van der Waals surface area contributed by atoms with E-state index >= 15 is 0 Å². The Morgan fingerprint density at radius 3 is 2.42 bits per heavy atom. The van der Waals surface area contributed by atoms with E-state index in [1.807, 2.05) is 0 Å². The molecule has 0 fully saturated rings. The number of sulfonamides is 1. The summed E-state index contributed by atoms with van der Waals surface area (Å²) in [7, 11) is -7.27. The topological polar surface area (TPSA) is 166 Å². The van der Waals surface area contributed by atoms with E-state index in [1.54, 1.807) is 18.2 Å². The van der Waals surface area contributed by atoms with Gasteiger partial charge in [-0.05, 0) is 30.2 Å². The van der Waals surface area contributed by atoms with E-state index in [1.165, 1.54) is 6.07 Å². The van der Waals surface area contributed by atoms with E-state index in [0.29, 0.717) is 28.2 Å². The number of fused-ring (bicyclic) bond motifs is 3. The lowest BCUT2D eigenvalue weighted by molar-refractivity contribution is 0.0996. The highest BCUT2D eigenvalue weighted by Gasteiger charge is 2.20. The first-order valence-electron chi connectivity index (χ1n) is 7.41. The predicted octanol–water partition coefficient (Wildman–Crippen LogP) is 0.0495. The van der Waals surface area contributed by atoms with E-state index in [2.05, 4.69) is 9.97 Å². The number of nitrogens with one attached hydrogen (secondary N) is 1. The van der Waals surface area contributed by atoms with Gasteiger partial charge < -0.3 is 10.7 Å². The number of hydrogen-bond donors (Lipinski definition) is 3. The molecule has 0 bridgehead atoms. The third kappa shape index (κ3) is 3.54. The fraction of sp³-hybridized carbons (Fsp3) is 0.200. The molecular formula is C15H16N4O5S2. The molecule has 138 valence electrons. The molecule has 0 unspecified atom stereocenters. The molecule has 0 radical (unpaired) electrons. The van der Waals surface area contributed by atoms with Crippen LogP contribution >= 0.6 is 0 Å². The number of aromatic nitrogens is 2. The Labute approximate surface area is 149 Å². The Hall–Kier alpha value is -2.50. The Bertz CT molecular complexity index is 1260. The van der Waals surface area contributed by atoms with Crippen LogP contribution in [0.4, 0.5) is 0 Å². The molecule has 3 aromatic rings. The van der Waals surface area contributed by atoms with Gasteiger partial charge in [0.15, 0.2) is 10.7 Å². The van der Waals surface area contributed by atoms with Crippen molar-refractivity contribution in [2.45, 2.75) is 11.4 Å². The smallest absolute Gasteiger partial charge is 0.269 e. The normalized spacial score (nSPS) is 12.7. The molecule has 1 aromatic carbocycles. The summed E-state index contributed by atoms with van der Waals surface area (Å²) in [5.41, 5.74) is 6.74. The lowest BCUT2D eigenvalue weighted by Gasteiger charge is -2.03. The van der Waals surface area contributed by atoms with Crippen molar-refractivity contribution in [3.05, 3.63) is 35.5 Å². The molecule has 0 saturated heterocycles. The van der Waals surface area contributed by atoms with Crippen molar-refractivity contribution < 1.29 is 21.6 Å². The quantitative estimate of drug-likeness (QED) is 0.551. The van der Waals surface area contributed by atoms with E-state index in [9.17, 15) is 21.6 Å². The fourth-order valence-electron chi connectivity index (χ4n) is 2.70. The lowest BCUT2D eigenvalue weighted by atomic mass is 10.1. The van der Waals surface area contributed by atoms with Crippen LogP contribution in [0.3, 0.4) is 0 Å². The summed E-state index contributed by atoms with van der Waals surface area (Å²) >= 11 is 0. The number of hydrogen-bond acceptors (Lipinski definition) is 6. The maximum absolute atomic E-state index is 11.7. The molecule has 0 spiro atoms. The van der Waals surface area contributed by atoms with Crippen LogP contribution in [0.1, 0.15) is 16.1 Å². The van der Waals surface area contributed by atoms with Crippen molar-refractivity contribution in [2.75, 3.05) is 12.0 Å². The van der Waals surface area contributed by atoms with Gasteiger partial charge in [0.2, 0.25) is 0 Å². The number of primary amides is 1. The average Bonchev–Trinajstić information content (AvgIpc) is 2.88. The SMILES string of the molecule is CS(=O)(=O)CCc1ccc2[nH]c3c(C(N)=O)nc(S(N)(=O)=O)cc3c2c1. The van der Waals surface area contributed by atoms with Crippen LogP contribution in [0.2, 0.25) is 0 Å². The number of pyridine rings is 1. The minimum absolute atomic E-state index is 0.0165. The van der Waals surface area contributed by atoms with Crippen LogP contribution in [-0.2, 0) is 26.3 Å². The molecule has 2 aromatic heterocycles.